The van der Waals surface area contributed by atoms with Crippen LogP contribution in [0.2, 0.25) is 0 Å². The Morgan fingerprint density at radius 2 is 1.00 bits per heavy atom. The molecule has 0 amide bonds. The molecule has 3 heterocycles. The van der Waals surface area contributed by atoms with Gasteiger partial charge in [-0.2, -0.15) is 0 Å². The summed E-state index contributed by atoms with van der Waals surface area (Å²) >= 11 is 0. The van der Waals surface area contributed by atoms with Gasteiger partial charge in [0.25, 0.3) is 0 Å². The van der Waals surface area contributed by atoms with Crippen molar-refractivity contribution in [2.45, 2.75) is 0 Å². The molecule has 30 heavy (non-hydrogen) atoms. The highest BCUT2D eigenvalue weighted by molar-refractivity contribution is 5.78. The van der Waals surface area contributed by atoms with Crippen molar-refractivity contribution >= 4 is 0 Å². The number of rotatable bonds is 3. The van der Waals surface area contributed by atoms with Gasteiger partial charge in [0.15, 0.2) is 23.0 Å². The standard InChI is InChI=1S/C25H17NO4/c1-2-4-16(5-3-1)19-10-20(17-6-8-22-24(12-17)29-14-27-22)26-21(11-19)18-7-9-23-25(13-18)30-15-28-23/h1-13H,14-15H2. The minimum atomic E-state index is 0.249. The van der Waals surface area contributed by atoms with Crippen molar-refractivity contribution in [3.8, 4) is 56.6 Å². The number of hydrogen-bond acceptors (Lipinski definition) is 5. The third-order valence-corrected chi connectivity index (χ3v) is 5.27. The van der Waals surface area contributed by atoms with Gasteiger partial charge in [-0.05, 0) is 59.7 Å². The molecule has 0 atom stereocenters. The molecule has 0 bridgehead atoms. The van der Waals surface area contributed by atoms with E-state index in [2.05, 4.69) is 24.3 Å². The maximum atomic E-state index is 5.56. The molecule has 0 fully saturated rings. The van der Waals surface area contributed by atoms with Crippen molar-refractivity contribution in [2.75, 3.05) is 13.6 Å². The average Bonchev–Trinajstić information content (AvgIpc) is 3.47. The molecule has 0 unspecified atom stereocenters. The molecule has 5 nitrogen and oxygen atoms in total. The van der Waals surface area contributed by atoms with Crippen LogP contribution in [0, 0.1) is 0 Å². The van der Waals surface area contributed by atoms with Gasteiger partial charge in [-0.25, -0.2) is 4.98 Å². The largest absolute Gasteiger partial charge is 0.454 e. The van der Waals surface area contributed by atoms with Gasteiger partial charge in [-0.3, -0.25) is 0 Å². The fourth-order valence-electron chi connectivity index (χ4n) is 3.74. The van der Waals surface area contributed by atoms with Crippen LogP contribution in [0.4, 0.5) is 0 Å². The third-order valence-electron chi connectivity index (χ3n) is 5.27. The summed E-state index contributed by atoms with van der Waals surface area (Å²) in [6.45, 7) is 0.497. The zero-order valence-corrected chi connectivity index (χ0v) is 16.0. The summed E-state index contributed by atoms with van der Waals surface area (Å²) in [4.78, 5) is 4.96. The predicted molar refractivity (Wildman–Crippen MR) is 113 cm³/mol. The average molecular weight is 395 g/mol. The summed E-state index contributed by atoms with van der Waals surface area (Å²) in [5.41, 5.74) is 5.89. The highest BCUT2D eigenvalue weighted by Crippen LogP contribution is 2.39. The highest BCUT2D eigenvalue weighted by Gasteiger charge is 2.18. The summed E-state index contributed by atoms with van der Waals surface area (Å²) in [6, 6.07) is 26.3. The van der Waals surface area contributed by atoms with Gasteiger partial charge in [-0.15, -0.1) is 0 Å². The maximum absolute atomic E-state index is 5.56. The zero-order valence-electron chi connectivity index (χ0n) is 16.0. The van der Waals surface area contributed by atoms with Crippen LogP contribution in [0.3, 0.4) is 0 Å². The summed E-state index contributed by atoms with van der Waals surface area (Å²) < 4.78 is 22.0. The van der Waals surface area contributed by atoms with Crippen molar-refractivity contribution < 1.29 is 18.9 Å². The minimum absolute atomic E-state index is 0.249. The zero-order chi connectivity index (χ0) is 19.9. The lowest BCUT2D eigenvalue weighted by molar-refractivity contribution is 0.173. The summed E-state index contributed by atoms with van der Waals surface area (Å²) in [5, 5.41) is 0. The van der Waals surface area contributed by atoms with E-state index >= 15 is 0 Å². The molecule has 0 N–H and O–H groups in total. The molecule has 1 aromatic heterocycles. The van der Waals surface area contributed by atoms with Gasteiger partial charge in [0.05, 0.1) is 11.4 Å². The van der Waals surface area contributed by atoms with Gasteiger partial charge in [-0.1, -0.05) is 30.3 Å². The molecule has 4 aromatic rings. The first-order chi connectivity index (χ1) is 14.8. The Kier molecular flexibility index (Phi) is 3.84. The Hall–Kier alpha value is -3.99. The first kappa shape index (κ1) is 16.9. The lowest BCUT2D eigenvalue weighted by Crippen LogP contribution is -1.93. The van der Waals surface area contributed by atoms with Crippen molar-refractivity contribution in [2.24, 2.45) is 0 Å². The van der Waals surface area contributed by atoms with Crippen LogP contribution in [0.5, 0.6) is 23.0 Å². The van der Waals surface area contributed by atoms with E-state index in [-0.39, 0.29) is 13.6 Å². The van der Waals surface area contributed by atoms with Gasteiger partial charge < -0.3 is 18.9 Å². The van der Waals surface area contributed by atoms with Crippen LogP contribution in [-0.2, 0) is 0 Å². The van der Waals surface area contributed by atoms with Crippen LogP contribution in [0.15, 0.2) is 78.9 Å². The molecule has 0 radical (unpaired) electrons. The number of hydrogen-bond donors (Lipinski definition) is 0. The van der Waals surface area contributed by atoms with E-state index in [1.165, 1.54) is 0 Å². The molecule has 6 rings (SSSR count). The van der Waals surface area contributed by atoms with Crippen molar-refractivity contribution in [3.63, 3.8) is 0 Å². The fourth-order valence-corrected chi connectivity index (χ4v) is 3.74. The van der Waals surface area contributed by atoms with Crippen molar-refractivity contribution in [1.82, 2.24) is 4.98 Å². The topological polar surface area (TPSA) is 49.8 Å². The highest BCUT2D eigenvalue weighted by atomic mass is 16.7. The number of nitrogens with zero attached hydrogens (tertiary/aromatic N) is 1. The van der Waals surface area contributed by atoms with E-state index < -0.39 is 0 Å². The number of benzene rings is 3. The Labute approximate surface area is 173 Å². The first-order valence-electron chi connectivity index (χ1n) is 9.71. The van der Waals surface area contributed by atoms with Crippen molar-refractivity contribution in [1.29, 1.82) is 0 Å². The Balaban J connectivity index is 1.52. The van der Waals surface area contributed by atoms with E-state index in [0.717, 1.165) is 56.6 Å². The van der Waals surface area contributed by atoms with Crippen molar-refractivity contribution in [3.05, 3.63) is 78.9 Å². The van der Waals surface area contributed by atoms with Crippen LogP contribution in [0.25, 0.3) is 33.6 Å². The summed E-state index contributed by atoms with van der Waals surface area (Å²) in [5.74, 6) is 3.00. The fraction of sp³-hybridized carbons (Fsp3) is 0.0800. The second-order valence-electron chi connectivity index (χ2n) is 7.13. The second-order valence-corrected chi connectivity index (χ2v) is 7.13. The van der Waals surface area contributed by atoms with E-state index in [0.29, 0.717) is 0 Å². The maximum Gasteiger partial charge on any atom is 0.231 e. The van der Waals surface area contributed by atoms with E-state index in [4.69, 9.17) is 23.9 Å². The minimum Gasteiger partial charge on any atom is -0.454 e. The molecular weight excluding hydrogens is 378 g/mol. The third kappa shape index (κ3) is 2.92. The number of ether oxygens (including phenoxy) is 4. The second kappa shape index (κ2) is 6.81. The lowest BCUT2D eigenvalue weighted by Gasteiger charge is -2.11. The molecule has 2 aliphatic rings. The van der Waals surface area contributed by atoms with Crippen LogP contribution < -0.4 is 18.9 Å². The lowest BCUT2D eigenvalue weighted by atomic mass is 9.99. The van der Waals surface area contributed by atoms with E-state index in [1.807, 2.05) is 54.6 Å². The van der Waals surface area contributed by atoms with Crippen LogP contribution >= 0.6 is 0 Å². The molecular formula is C25H17NO4. The summed E-state index contributed by atoms with van der Waals surface area (Å²) in [6.07, 6.45) is 0. The smallest absolute Gasteiger partial charge is 0.231 e. The molecule has 0 saturated heterocycles. The van der Waals surface area contributed by atoms with Crippen LogP contribution in [0.1, 0.15) is 0 Å². The first-order valence-corrected chi connectivity index (χ1v) is 9.71. The molecule has 0 aliphatic carbocycles. The molecule has 146 valence electrons. The van der Waals surface area contributed by atoms with E-state index in [1.54, 1.807) is 0 Å². The van der Waals surface area contributed by atoms with Crippen LogP contribution in [-0.4, -0.2) is 18.6 Å². The molecule has 5 heteroatoms. The normalized spacial score (nSPS) is 13.5. The monoisotopic (exact) mass is 395 g/mol. The Bertz CT molecular complexity index is 1180. The number of pyridine rings is 1. The predicted octanol–water partition coefficient (Wildman–Crippen LogP) is 5.54. The SMILES string of the molecule is c1ccc(-c2cc(-c3ccc4c(c3)OCO4)nc(-c3ccc4c(c3)OCO4)c2)cc1. The molecule has 3 aromatic carbocycles. The number of aromatic nitrogens is 1. The quantitative estimate of drug-likeness (QED) is 0.456. The molecule has 0 saturated carbocycles. The Morgan fingerprint density at radius 1 is 0.467 bits per heavy atom. The van der Waals surface area contributed by atoms with Gasteiger partial charge >= 0.3 is 0 Å². The Morgan fingerprint density at radius 3 is 1.57 bits per heavy atom. The molecule has 0 spiro atoms. The molecule has 2 aliphatic heterocycles. The van der Waals surface area contributed by atoms with Gasteiger partial charge in [0.2, 0.25) is 13.6 Å². The summed E-state index contributed by atoms with van der Waals surface area (Å²) in [7, 11) is 0. The van der Waals surface area contributed by atoms with Gasteiger partial charge in [0.1, 0.15) is 0 Å². The van der Waals surface area contributed by atoms with E-state index in [9.17, 15) is 0 Å². The number of fused-ring (bicyclic) bond motifs is 2. The van der Waals surface area contributed by atoms with Gasteiger partial charge in [0, 0.05) is 11.1 Å².